The van der Waals surface area contributed by atoms with Crippen molar-refractivity contribution in [3.05, 3.63) is 48.0 Å². The van der Waals surface area contributed by atoms with Crippen LogP contribution in [0.2, 0.25) is 0 Å². The Morgan fingerprint density at radius 3 is 2.48 bits per heavy atom. The molecule has 0 radical (unpaired) electrons. The molecule has 1 rings (SSSR count). The molecule has 21 heavy (non-hydrogen) atoms. The van der Waals surface area contributed by atoms with Crippen LogP contribution in [0.4, 0.5) is 0 Å². The first-order valence-electron chi connectivity index (χ1n) is 6.66. The van der Waals surface area contributed by atoms with Crippen LogP contribution in [0.25, 0.3) is 0 Å². The van der Waals surface area contributed by atoms with Crippen LogP contribution >= 0.6 is 0 Å². The van der Waals surface area contributed by atoms with E-state index in [9.17, 15) is 14.4 Å². The van der Waals surface area contributed by atoms with Gasteiger partial charge in [0, 0.05) is 6.08 Å². The minimum absolute atomic E-state index is 0.146. The summed E-state index contributed by atoms with van der Waals surface area (Å²) in [5, 5.41) is 2.57. The number of rotatable bonds is 7. The number of ketones is 1. The van der Waals surface area contributed by atoms with E-state index in [4.69, 9.17) is 4.74 Å². The van der Waals surface area contributed by atoms with Crippen LogP contribution in [0.3, 0.4) is 0 Å². The van der Waals surface area contributed by atoms with Gasteiger partial charge in [0.15, 0.2) is 12.4 Å². The van der Waals surface area contributed by atoms with Gasteiger partial charge in [0.1, 0.15) is 0 Å². The van der Waals surface area contributed by atoms with E-state index < -0.39 is 24.5 Å². The number of hydrogen-bond acceptors (Lipinski definition) is 4. The summed E-state index contributed by atoms with van der Waals surface area (Å²) in [5.41, 5.74) is 0.948. The second-order valence-electron chi connectivity index (χ2n) is 4.53. The summed E-state index contributed by atoms with van der Waals surface area (Å²) in [5.74, 6) is -1.23. The molecule has 0 saturated heterocycles. The summed E-state index contributed by atoms with van der Waals surface area (Å²) in [6, 6.07) is 8.76. The van der Waals surface area contributed by atoms with Gasteiger partial charge in [0.05, 0.1) is 6.04 Å². The number of hydrogen-bond donors (Lipinski definition) is 1. The fraction of sp³-hybridized carbons (Fsp3) is 0.312. The molecule has 0 heterocycles. The van der Waals surface area contributed by atoms with Gasteiger partial charge in [0.25, 0.3) is 5.91 Å². The topological polar surface area (TPSA) is 72.5 Å². The molecule has 5 heteroatoms. The molecule has 1 atom stereocenters. The SMILES string of the molecule is C/C=C/C(=O)OCC(=O)N[C@@H](Cc1ccccc1)C(C)=O. The summed E-state index contributed by atoms with van der Waals surface area (Å²) in [4.78, 5) is 34.4. The highest BCUT2D eigenvalue weighted by Gasteiger charge is 2.18. The van der Waals surface area contributed by atoms with Crippen LogP contribution in [0.5, 0.6) is 0 Å². The van der Waals surface area contributed by atoms with Gasteiger partial charge in [-0.15, -0.1) is 0 Å². The third-order valence-electron chi connectivity index (χ3n) is 2.76. The number of allylic oxidation sites excluding steroid dienone is 1. The number of nitrogens with one attached hydrogen (secondary N) is 1. The van der Waals surface area contributed by atoms with E-state index in [1.807, 2.05) is 30.3 Å². The number of esters is 1. The van der Waals surface area contributed by atoms with E-state index >= 15 is 0 Å². The second-order valence-corrected chi connectivity index (χ2v) is 4.53. The molecule has 1 N–H and O–H groups in total. The molecule has 5 nitrogen and oxygen atoms in total. The molecule has 1 aromatic carbocycles. The first kappa shape index (κ1) is 16.6. The maximum atomic E-state index is 11.7. The molecule has 0 saturated carbocycles. The zero-order chi connectivity index (χ0) is 15.7. The molecule has 0 aliphatic heterocycles. The fourth-order valence-electron chi connectivity index (χ4n) is 1.70. The summed E-state index contributed by atoms with van der Waals surface area (Å²) >= 11 is 0. The van der Waals surface area contributed by atoms with E-state index in [0.717, 1.165) is 5.56 Å². The lowest BCUT2D eigenvalue weighted by atomic mass is 10.0. The number of ether oxygens (including phenoxy) is 1. The zero-order valence-corrected chi connectivity index (χ0v) is 12.2. The molecular formula is C16H19NO4. The Hall–Kier alpha value is -2.43. The van der Waals surface area contributed by atoms with Gasteiger partial charge in [0.2, 0.25) is 0 Å². The largest absolute Gasteiger partial charge is 0.452 e. The highest BCUT2D eigenvalue weighted by molar-refractivity contribution is 5.89. The first-order valence-corrected chi connectivity index (χ1v) is 6.66. The Labute approximate surface area is 124 Å². The van der Waals surface area contributed by atoms with Crippen LogP contribution < -0.4 is 5.32 Å². The third-order valence-corrected chi connectivity index (χ3v) is 2.76. The number of carbonyl (C=O) groups is 3. The molecule has 0 spiro atoms. The second kappa shape index (κ2) is 8.68. The first-order chi connectivity index (χ1) is 10.0. The van der Waals surface area contributed by atoms with Crippen molar-refractivity contribution in [2.75, 3.05) is 6.61 Å². The average Bonchev–Trinajstić information content (AvgIpc) is 2.46. The molecule has 0 unspecified atom stereocenters. The lowest BCUT2D eigenvalue weighted by Crippen LogP contribution is -2.43. The smallest absolute Gasteiger partial charge is 0.330 e. The maximum absolute atomic E-state index is 11.7. The van der Waals surface area contributed by atoms with E-state index in [1.165, 1.54) is 19.1 Å². The van der Waals surface area contributed by atoms with E-state index in [1.54, 1.807) is 6.92 Å². The van der Waals surface area contributed by atoms with E-state index in [0.29, 0.717) is 6.42 Å². The van der Waals surface area contributed by atoms with Crippen molar-refractivity contribution in [2.24, 2.45) is 0 Å². The number of Topliss-reactive ketones (excluding diaryl/α,β-unsaturated/α-hetero) is 1. The lowest BCUT2D eigenvalue weighted by molar-refractivity contribution is -0.144. The van der Waals surface area contributed by atoms with Crippen molar-refractivity contribution < 1.29 is 19.1 Å². The molecule has 0 bridgehead atoms. The molecule has 0 aliphatic carbocycles. The molecule has 0 aromatic heterocycles. The van der Waals surface area contributed by atoms with Crippen LogP contribution in [0.15, 0.2) is 42.5 Å². The van der Waals surface area contributed by atoms with Gasteiger partial charge < -0.3 is 10.1 Å². The molecule has 1 aromatic rings. The van der Waals surface area contributed by atoms with E-state index in [2.05, 4.69) is 5.32 Å². The standard InChI is InChI=1S/C16H19NO4/c1-3-7-16(20)21-11-15(19)17-14(12(2)18)10-13-8-5-4-6-9-13/h3-9,14H,10-11H2,1-2H3,(H,17,19)/b7-3+/t14-/m0/s1. The third kappa shape index (κ3) is 6.51. The summed E-state index contributed by atoms with van der Waals surface area (Å²) in [7, 11) is 0. The van der Waals surface area contributed by atoms with Crippen LogP contribution in [0.1, 0.15) is 19.4 Å². The normalized spacial score (nSPS) is 11.9. The highest BCUT2D eigenvalue weighted by atomic mass is 16.5. The Morgan fingerprint density at radius 1 is 1.24 bits per heavy atom. The van der Waals surface area contributed by atoms with Crippen LogP contribution in [-0.2, 0) is 25.5 Å². The Balaban J connectivity index is 2.52. The number of amides is 1. The highest BCUT2D eigenvalue weighted by Crippen LogP contribution is 2.04. The van der Waals surface area contributed by atoms with Crippen molar-refractivity contribution in [3.63, 3.8) is 0 Å². The molecule has 0 fully saturated rings. The molecule has 1 amide bonds. The quantitative estimate of drug-likeness (QED) is 0.608. The molecular weight excluding hydrogens is 270 g/mol. The van der Waals surface area contributed by atoms with Gasteiger partial charge in [-0.3, -0.25) is 9.59 Å². The van der Waals surface area contributed by atoms with Gasteiger partial charge in [-0.1, -0.05) is 36.4 Å². The predicted octanol–water partition coefficient (Wildman–Crippen LogP) is 1.42. The molecule has 0 aliphatic rings. The van der Waals surface area contributed by atoms with Crippen molar-refractivity contribution >= 4 is 17.7 Å². The fourth-order valence-corrected chi connectivity index (χ4v) is 1.70. The number of carbonyl (C=O) groups excluding carboxylic acids is 3. The summed E-state index contributed by atoms with van der Waals surface area (Å²) < 4.78 is 4.73. The lowest BCUT2D eigenvalue weighted by Gasteiger charge is -2.16. The molecule has 112 valence electrons. The predicted molar refractivity (Wildman–Crippen MR) is 78.5 cm³/mol. The minimum Gasteiger partial charge on any atom is -0.452 e. The van der Waals surface area contributed by atoms with Gasteiger partial charge >= 0.3 is 5.97 Å². The number of benzene rings is 1. The minimum atomic E-state index is -0.625. The van der Waals surface area contributed by atoms with Crippen molar-refractivity contribution in [1.29, 1.82) is 0 Å². The zero-order valence-electron chi connectivity index (χ0n) is 12.2. The Morgan fingerprint density at radius 2 is 1.90 bits per heavy atom. The van der Waals surface area contributed by atoms with Gasteiger partial charge in [-0.2, -0.15) is 0 Å². The van der Waals surface area contributed by atoms with Crippen molar-refractivity contribution in [3.8, 4) is 0 Å². The average molecular weight is 289 g/mol. The summed E-state index contributed by atoms with van der Waals surface area (Å²) in [6.45, 7) is 2.69. The maximum Gasteiger partial charge on any atom is 0.330 e. The van der Waals surface area contributed by atoms with Crippen molar-refractivity contribution in [2.45, 2.75) is 26.3 Å². The Kier molecular flexibility index (Phi) is 6.87. The van der Waals surface area contributed by atoms with Gasteiger partial charge in [-0.25, -0.2) is 4.79 Å². The Bertz CT molecular complexity index is 522. The van der Waals surface area contributed by atoms with Crippen LogP contribution in [0, 0.1) is 0 Å². The van der Waals surface area contributed by atoms with E-state index in [-0.39, 0.29) is 5.78 Å². The van der Waals surface area contributed by atoms with Crippen LogP contribution in [-0.4, -0.2) is 30.3 Å². The summed E-state index contributed by atoms with van der Waals surface area (Å²) in [6.07, 6.45) is 3.15. The van der Waals surface area contributed by atoms with Crippen molar-refractivity contribution in [1.82, 2.24) is 5.32 Å². The van der Waals surface area contributed by atoms with Gasteiger partial charge in [-0.05, 0) is 25.8 Å². The monoisotopic (exact) mass is 289 g/mol.